The molecule has 1 unspecified atom stereocenters. The minimum Gasteiger partial charge on any atom is -0.365 e. The molecule has 0 spiro atoms. The fraction of sp³-hybridized carbons (Fsp3) is 0.240. The molecule has 1 saturated heterocycles. The number of amides is 1. The summed E-state index contributed by atoms with van der Waals surface area (Å²) in [5.74, 6) is 0.727. The summed E-state index contributed by atoms with van der Waals surface area (Å²) in [5, 5.41) is 14.9. The van der Waals surface area contributed by atoms with E-state index >= 15 is 0 Å². The summed E-state index contributed by atoms with van der Waals surface area (Å²) in [6.07, 6.45) is 2.04. The molecule has 1 aliphatic heterocycles. The Morgan fingerprint density at radius 1 is 1.15 bits per heavy atom. The van der Waals surface area contributed by atoms with E-state index in [1.165, 1.54) is 12.1 Å². The van der Waals surface area contributed by atoms with Crippen molar-refractivity contribution in [3.05, 3.63) is 76.9 Å². The standard InChI is InChI=1S/C25H25FN6OS/c26-18-6-1-4-16(12-18)14-28-23-22-21(9-11-34-22)31-25(32-23)30-19-7-2-5-17(13-19)24(33)29-20-8-3-10-27-15-20/h1-2,4-7,9,11-13,20,27H,3,8,10,14-15H2,(H,29,33)(H2,28,30,31,32). The lowest BCUT2D eigenvalue weighted by atomic mass is 10.1. The van der Waals surface area contributed by atoms with Crippen LogP contribution in [0.5, 0.6) is 0 Å². The fourth-order valence-electron chi connectivity index (χ4n) is 3.98. The molecule has 4 aromatic rings. The maximum absolute atomic E-state index is 13.5. The number of carbonyl (C=O) groups is 1. The van der Waals surface area contributed by atoms with Crippen LogP contribution in [-0.4, -0.2) is 35.0 Å². The Balaban J connectivity index is 1.32. The van der Waals surface area contributed by atoms with Gasteiger partial charge >= 0.3 is 0 Å². The predicted octanol–water partition coefficient (Wildman–Crippen LogP) is 4.67. The Morgan fingerprint density at radius 2 is 2.06 bits per heavy atom. The molecule has 0 radical (unpaired) electrons. The van der Waals surface area contributed by atoms with E-state index in [1.807, 2.05) is 29.6 Å². The second-order valence-electron chi connectivity index (χ2n) is 8.24. The minimum absolute atomic E-state index is 0.0935. The summed E-state index contributed by atoms with van der Waals surface area (Å²) in [6.45, 7) is 2.23. The molecule has 2 aromatic carbocycles. The van der Waals surface area contributed by atoms with E-state index in [0.29, 0.717) is 23.9 Å². The monoisotopic (exact) mass is 476 g/mol. The number of hydrogen-bond acceptors (Lipinski definition) is 7. The number of rotatable bonds is 7. The number of piperidine rings is 1. The first-order valence-corrected chi connectivity index (χ1v) is 12.1. The zero-order valence-corrected chi connectivity index (χ0v) is 19.3. The first kappa shape index (κ1) is 22.2. The largest absolute Gasteiger partial charge is 0.365 e. The van der Waals surface area contributed by atoms with Crippen molar-refractivity contribution in [3.8, 4) is 0 Å². The zero-order chi connectivity index (χ0) is 23.3. The number of anilines is 3. The van der Waals surface area contributed by atoms with Crippen molar-refractivity contribution in [2.45, 2.75) is 25.4 Å². The van der Waals surface area contributed by atoms with Crippen LogP contribution in [0.15, 0.2) is 60.0 Å². The number of thiophene rings is 1. The quantitative estimate of drug-likeness (QED) is 0.310. The van der Waals surface area contributed by atoms with Gasteiger partial charge in [0.2, 0.25) is 5.95 Å². The molecule has 9 heteroatoms. The van der Waals surface area contributed by atoms with Gasteiger partial charge in [-0.05, 0) is 66.7 Å². The SMILES string of the molecule is O=C(NC1CCCNC1)c1cccc(Nc2nc(NCc3cccc(F)c3)c3sccc3n2)c1. The molecule has 34 heavy (non-hydrogen) atoms. The Hall–Kier alpha value is -3.56. The smallest absolute Gasteiger partial charge is 0.251 e. The van der Waals surface area contributed by atoms with E-state index in [4.69, 9.17) is 0 Å². The predicted molar refractivity (Wildman–Crippen MR) is 134 cm³/mol. The second-order valence-corrected chi connectivity index (χ2v) is 9.15. The molecule has 1 fully saturated rings. The van der Waals surface area contributed by atoms with Crippen LogP contribution in [0.3, 0.4) is 0 Å². The third-order valence-electron chi connectivity index (χ3n) is 5.67. The molecule has 0 bridgehead atoms. The zero-order valence-electron chi connectivity index (χ0n) is 18.5. The van der Waals surface area contributed by atoms with Gasteiger partial charge in [0, 0.05) is 30.4 Å². The van der Waals surface area contributed by atoms with Gasteiger partial charge in [-0.2, -0.15) is 4.98 Å². The van der Waals surface area contributed by atoms with E-state index in [1.54, 1.807) is 29.5 Å². The molecule has 4 N–H and O–H groups in total. The Kier molecular flexibility index (Phi) is 6.64. The molecular weight excluding hydrogens is 451 g/mol. The van der Waals surface area contributed by atoms with E-state index in [9.17, 15) is 9.18 Å². The van der Waals surface area contributed by atoms with Gasteiger partial charge in [0.1, 0.15) is 11.6 Å². The molecule has 1 atom stereocenters. The van der Waals surface area contributed by atoms with Gasteiger partial charge < -0.3 is 21.3 Å². The number of fused-ring (bicyclic) bond motifs is 1. The van der Waals surface area contributed by atoms with E-state index in [2.05, 4.69) is 31.2 Å². The van der Waals surface area contributed by atoms with Crippen LogP contribution in [0.25, 0.3) is 10.2 Å². The van der Waals surface area contributed by atoms with Gasteiger partial charge in [-0.15, -0.1) is 11.3 Å². The van der Waals surface area contributed by atoms with Crippen molar-refractivity contribution >= 4 is 44.9 Å². The number of nitrogens with one attached hydrogen (secondary N) is 4. The van der Waals surface area contributed by atoms with Crippen LogP contribution < -0.4 is 21.3 Å². The number of halogens is 1. The molecule has 0 saturated carbocycles. The van der Waals surface area contributed by atoms with E-state index in [-0.39, 0.29) is 17.8 Å². The van der Waals surface area contributed by atoms with Gasteiger partial charge in [0.15, 0.2) is 0 Å². The highest BCUT2D eigenvalue weighted by Crippen LogP contribution is 2.29. The molecule has 7 nitrogen and oxygen atoms in total. The third kappa shape index (κ3) is 5.32. The lowest BCUT2D eigenvalue weighted by Crippen LogP contribution is -2.45. The van der Waals surface area contributed by atoms with E-state index < -0.39 is 0 Å². The molecule has 1 aliphatic rings. The van der Waals surface area contributed by atoms with Crippen LogP contribution >= 0.6 is 11.3 Å². The lowest BCUT2D eigenvalue weighted by Gasteiger charge is -2.23. The van der Waals surface area contributed by atoms with Crippen LogP contribution in [0.4, 0.5) is 21.8 Å². The Labute approximate surface area is 200 Å². The highest BCUT2D eigenvalue weighted by Gasteiger charge is 2.17. The van der Waals surface area contributed by atoms with Gasteiger partial charge in [-0.1, -0.05) is 18.2 Å². The van der Waals surface area contributed by atoms with Gasteiger partial charge in [0.25, 0.3) is 5.91 Å². The number of hydrogen-bond donors (Lipinski definition) is 4. The summed E-state index contributed by atoms with van der Waals surface area (Å²) in [5.41, 5.74) is 2.93. The summed E-state index contributed by atoms with van der Waals surface area (Å²) >= 11 is 1.54. The summed E-state index contributed by atoms with van der Waals surface area (Å²) in [7, 11) is 0. The van der Waals surface area contributed by atoms with Gasteiger partial charge in [-0.25, -0.2) is 9.37 Å². The Morgan fingerprint density at radius 3 is 2.91 bits per heavy atom. The number of aromatic nitrogens is 2. The number of benzene rings is 2. The van der Waals surface area contributed by atoms with Crippen molar-refractivity contribution in [1.29, 1.82) is 0 Å². The van der Waals surface area contributed by atoms with Crippen LogP contribution in [-0.2, 0) is 6.54 Å². The minimum atomic E-state index is -0.269. The van der Waals surface area contributed by atoms with Gasteiger partial charge in [0.05, 0.1) is 10.2 Å². The van der Waals surface area contributed by atoms with E-state index in [0.717, 1.165) is 47.4 Å². The molecule has 2 aromatic heterocycles. The molecule has 1 amide bonds. The van der Waals surface area contributed by atoms with Crippen LogP contribution in [0, 0.1) is 5.82 Å². The highest BCUT2D eigenvalue weighted by molar-refractivity contribution is 7.17. The van der Waals surface area contributed by atoms with Crippen molar-refractivity contribution in [2.24, 2.45) is 0 Å². The molecule has 0 aliphatic carbocycles. The topological polar surface area (TPSA) is 91.0 Å². The summed E-state index contributed by atoms with van der Waals surface area (Å²) in [6, 6.07) is 15.9. The highest BCUT2D eigenvalue weighted by atomic mass is 32.1. The average Bonchev–Trinajstić information content (AvgIpc) is 3.32. The molecule has 174 valence electrons. The Bertz CT molecular complexity index is 1300. The third-order valence-corrected chi connectivity index (χ3v) is 6.58. The normalized spacial score (nSPS) is 15.7. The van der Waals surface area contributed by atoms with Gasteiger partial charge in [-0.3, -0.25) is 4.79 Å². The van der Waals surface area contributed by atoms with Crippen molar-refractivity contribution in [1.82, 2.24) is 20.6 Å². The second kappa shape index (κ2) is 10.1. The number of nitrogens with zero attached hydrogens (tertiary/aromatic N) is 2. The van der Waals surface area contributed by atoms with Crippen molar-refractivity contribution < 1.29 is 9.18 Å². The maximum Gasteiger partial charge on any atom is 0.251 e. The molecule has 3 heterocycles. The number of carbonyl (C=O) groups excluding carboxylic acids is 1. The first-order chi connectivity index (χ1) is 16.6. The summed E-state index contributed by atoms with van der Waals surface area (Å²) < 4.78 is 14.5. The van der Waals surface area contributed by atoms with Crippen molar-refractivity contribution in [2.75, 3.05) is 23.7 Å². The molecule has 5 rings (SSSR count). The first-order valence-electron chi connectivity index (χ1n) is 11.3. The summed E-state index contributed by atoms with van der Waals surface area (Å²) in [4.78, 5) is 22.0. The van der Waals surface area contributed by atoms with Crippen molar-refractivity contribution in [3.63, 3.8) is 0 Å². The van der Waals surface area contributed by atoms with Crippen LogP contribution in [0.1, 0.15) is 28.8 Å². The maximum atomic E-state index is 13.5. The molecular formula is C25H25FN6OS. The lowest BCUT2D eigenvalue weighted by molar-refractivity contribution is 0.0930. The average molecular weight is 477 g/mol. The fourth-order valence-corrected chi connectivity index (χ4v) is 4.78. The van der Waals surface area contributed by atoms with Crippen LogP contribution in [0.2, 0.25) is 0 Å².